The molecule has 1 aliphatic carbocycles. The van der Waals surface area contributed by atoms with Gasteiger partial charge in [0.2, 0.25) is 5.91 Å². The normalized spacial score (nSPS) is 17.5. The maximum Gasteiger partial charge on any atom is 0.227 e. The third kappa shape index (κ3) is 3.60. The van der Waals surface area contributed by atoms with Gasteiger partial charge in [-0.2, -0.15) is 0 Å². The van der Waals surface area contributed by atoms with Crippen molar-refractivity contribution in [3.8, 4) is 11.1 Å². The van der Waals surface area contributed by atoms with Gasteiger partial charge < -0.3 is 4.90 Å². The van der Waals surface area contributed by atoms with Crippen LogP contribution in [0.15, 0.2) is 42.7 Å². The fraction of sp³-hybridized carbons (Fsp3) is 0.455. The predicted molar refractivity (Wildman–Crippen MR) is 102 cm³/mol. The van der Waals surface area contributed by atoms with Gasteiger partial charge in [-0.3, -0.25) is 9.78 Å². The Morgan fingerprint density at radius 2 is 1.84 bits per heavy atom. The number of rotatable bonds is 4. The Labute approximate surface area is 150 Å². The molecule has 3 heteroatoms. The summed E-state index contributed by atoms with van der Waals surface area (Å²) in [4.78, 5) is 18.8. The van der Waals surface area contributed by atoms with Crippen LogP contribution in [0.1, 0.15) is 50.5 Å². The number of amides is 1. The van der Waals surface area contributed by atoms with Gasteiger partial charge in [0.15, 0.2) is 0 Å². The lowest BCUT2D eigenvalue weighted by atomic mass is 9.86. The highest BCUT2D eigenvalue weighted by Crippen LogP contribution is 2.33. The van der Waals surface area contributed by atoms with E-state index in [1.807, 2.05) is 29.4 Å². The second-order valence-corrected chi connectivity index (χ2v) is 7.42. The van der Waals surface area contributed by atoms with Crippen LogP contribution < -0.4 is 4.90 Å². The van der Waals surface area contributed by atoms with Gasteiger partial charge in [0, 0.05) is 31.0 Å². The van der Waals surface area contributed by atoms with E-state index in [-0.39, 0.29) is 0 Å². The van der Waals surface area contributed by atoms with Crippen molar-refractivity contribution in [2.75, 3.05) is 11.4 Å². The molecule has 0 unspecified atom stereocenters. The van der Waals surface area contributed by atoms with Crippen LogP contribution in [0, 0.1) is 5.92 Å². The summed E-state index contributed by atoms with van der Waals surface area (Å²) in [5, 5.41) is 0. The Morgan fingerprint density at radius 1 is 1.04 bits per heavy atom. The lowest BCUT2D eigenvalue weighted by Gasteiger charge is -2.23. The molecule has 2 heterocycles. The Hall–Kier alpha value is -2.16. The number of hydrogen-bond donors (Lipinski definition) is 0. The standard InChI is InChI=1S/C22H26N2O/c25-22(9-6-17-4-2-1-3-5-17)24-15-12-20-16-19(7-8-21(20)24)18-10-13-23-14-11-18/h7-8,10-11,13-14,16-17H,1-6,9,12,15H2. The van der Waals surface area contributed by atoms with Gasteiger partial charge in [0.25, 0.3) is 0 Å². The molecule has 0 atom stereocenters. The molecule has 2 aromatic rings. The summed E-state index contributed by atoms with van der Waals surface area (Å²) in [5.41, 5.74) is 4.80. The molecule has 0 N–H and O–H groups in total. The molecular formula is C22H26N2O. The largest absolute Gasteiger partial charge is 0.312 e. The average molecular weight is 334 g/mol. The van der Waals surface area contributed by atoms with Gasteiger partial charge in [0.1, 0.15) is 0 Å². The smallest absolute Gasteiger partial charge is 0.227 e. The van der Waals surface area contributed by atoms with Gasteiger partial charge in [-0.15, -0.1) is 0 Å². The molecule has 4 rings (SSSR count). The molecule has 130 valence electrons. The molecule has 1 aliphatic heterocycles. The molecule has 1 saturated carbocycles. The van der Waals surface area contributed by atoms with Crippen molar-refractivity contribution in [2.24, 2.45) is 5.92 Å². The van der Waals surface area contributed by atoms with Gasteiger partial charge in [-0.05, 0) is 59.7 Å². The highest BCUT2D eigenvalue weighted by atomic mass is 16.2. The summed E-state index contributed by atoms with van der Waals surface area (Å²) in [6.45, 7) is 0.832. The maximum absolute atomic E-state index is 12.7. The van der Waals surface area contributed by atoms with Crippen LogP contribution in [-0.4, -0.2) is 17.4 Å². The topological polar surface area (TPSA) is 33.2 Å². The van der Waals surface area contributed by atoms with Crippen LogP contribution >= 0.6 is 0 Å². The van der Waals surface area contributed by atoms with Crippen molar-refractivity contribution in [1.82, 2.24) is 4.98 Å². The molecule has 0 radical (unpaired) electrons. The van der Waals surface area contributed by atoms with E-state index in [4.69, 9.17) is 0 Å². The van der Waals surface area contributed by atoms with E-state index in [1.165, 1.54) is 48.8 Å². The Kier molecular flexibility index (Phi) is 4.82. The van der Waals surface area contributed by atoms with E-state index in [0.717, 1.165) is 31.0 Å². The zero-order chi connectivity index (χ0) is 17.1. The molecule has 2 aliphatic rings. The molecule has 0 saturated heterocycles. The minimum Gasteiger partial charge on any atom is -0.312 e. The molecule has 25 heavy (non-hydrogen) atoms. The summed E-state index contributed by atoms with van der Waals surface area (Å²) in [5.74, 6) is 1.08. The van der Waals surface area contributed by atoms with Crippen molar-refractivity contribution in [1.29, 1.82) is 0 Å². The fourth-order valence-corrected chi connectivity index (χ4v) is 4.32. The third-order valence-electron chi connectivity index (χ3n) is 5.78. The van der Waals surface area contributed by atoms with E-state index in [0.29, 0.717) is 12.3 Å². The molecule has 1 amide bonds. The lowest BCUT2D eigenvalue weighted by Crippen LogP contribution is -2.29. The van der Waals surface area contributed by atoms with Crippen molar-refractivity contribution < 1.29 is 4.79 Å². The lowest BCUT2D eigenvalue weighted by molar-refractivity contribution is -0.118. The zero-order valence-corrected chi connectivity index (χ0v) is 14.8. The number of aromatic nitrogens is 1. The highest BCUT2D eigenvalue weighted by molar-refractivity contribution is 5.95. The maximum atomic E-state index is 12.7. The quantitative estimate of drug-likeness (QED) is 0.788. The summed E-state index contributed by atoms with van der Waals surface area (Å²) >= 11 is 0. The van der Waals surface area contributed by atoms with Crippen molar-refractivity contribution >= 4 is 11.6 Å². The van der Waals surface area contributed by atoms with Gasteiger partial charge in [0.05, 0.1) is 0 Å². The first-order valence-corrected chi connectivity index (χ1v) is 9.65. The predicted octanol–water partition coefficient (Wildman–Crippen LogP) is 5.00. The first-order valence-electron chi connectivity index (χ1n) is 9.65. The SMILES string of the molecule is O=C(CCC1CCCCC1)N1CCc2cc(-c3ccncc3)ccc21. The van der Waals surface area contributed by atoms with Crippen molar-refractivity contribution in [3.63, 3.8) is 0 Å². The number of carbonyl (C=O) groups is 1. The summed E-state index contributed by atoms with van der Waals surface area (Å²) in [6, 6.07) is 10.5. The molecule has 0 spiro atoms. The number of fused-ring (bicyclic) bond motifs is 1. The Morgan fingerprint density at radius 3 is 2.64 bits per heavy atom. The Balaban J connectivity index is 1.43. The molecule has 3 nitrogen and oxygen atoms in total. The summed E-state index contributed by atoms with van der Waals surface area (Å²) in [7, 11) is 0. The van der Waals surface area contributed by atoms with E-state index >= 15 is 0 Å². The zero-order valence-electron chi connectivity index (χ0n) is 14.8. The van der Waals surface area contributed by atoms with Crippen LogP contribution in [0.3, 0.4) is 0 Å². The molecule has 0 bridgehead atoms. The van der Waals surface area contributed by atoms with Gasteiger partial charge >= 0.3 is 0 Å². The van der Waals surface area contributed by atoms with E-state index < -0.39 is 0 Å². The van der Waals surface area contributed by atoms with Crippen molar-refractivity contribution in [2.45, 2.75) is 51.4 Å². The summed E-state index contributed by atoms with van der Waals surface area (Å²) < 4.78 is 0. The summed E-state index contributed by atoms with van der Waals surface area (Å²) in [6.07, 6.45) is 13.1. The van der Waals surface area contributed by atoms with Gasteiger partial charge in [-0.25, -0.2) is 0 Å². The number of nitrogens with zero attached hydrogens (tertiary/aromatic N) is 2. The van der Waals surface area contributed by atoms with Crippen LogP contribution in [0.25, 0.3) is 11.1 Å². The highest BCUT2D eigenvalue weighted by Gasteiger charge is 2.25. The first-order chi connectivity index (χ1) is 12.3. The van der Waals surface area contributed by atoms with Gasteiger partial charge in [-0.1, -0.05) is 38.2 Å². The van der Waals surface area contributed by atoms with Crippen LogP contribution in [0.2, 0.25) is 0 Å². The Bertz CT molecular complexity index is 735. The first kappa shape index (κ1) is 16.3. The number of hydrogen-bond acceptors (Lipinski definition) is 2. The number of anilines is 1. The molecule has 1 fully saturated rings. The minimum atomic E-state index is 0.306. The minimum absolute atomic E-state index is 0.306. The average Bonchev–Trinajstić information content (AvgIpc) is 3.11. The number of pyridine rings is 1. The van der Waals surface area contributed by atoms with Crippen LogP contribution in [0.5, 0.6) is 0 Å². The molecule has 1 aromatic carbocycles. The molecular weight excluding hydrogens is 308 g/mol. The van der Waals surface area contributed by atoms with Crippen LogP contribution in [-0.2, 0) is 11.2 Å². The van der Waals surface area contributed by atoms with E-state index in [2.05, 4.69) is 23.2 Å². The molecule has 1 aromatic heterocycles. The second kappa shape index (κ2) is 7.38. The van der Waals surface area contributed by atoms with E-state index in [9.17, 15) is 4.79 Å². The van der Waals surface area contributed by atoms with E-state index in [1.54, 1.807) is 0 Å². The second-order valence-electron chi connectivity index (χ2n) is 7.42. The fourth-order valence-electron chi connectivity index (χ4n) is 4.32. The number of carbonyl (C=O) groups excluding carboxylic acids is 1. The van der Waals surface area contributed by atoms with Crippen molar-refractivity contribution in [3.05, 3.63) is 48.3 Å². The van der Waals surface area contributed by atoms with Crippen LogP contribution in [0.4, 0.5) is 5.69 Å². The number of benzene rings is 1. The monoisotopic (exact) mass is 334 g/mol. The third-order valence-corrected chi connectivity index (χ3v) is 5.78.